The van der Waals surface area contributed by atoms with Gasteiger partial charge in [0.15, 0.2) is 5.82 Å². The average Bonchev–Trinajstić information content (AvgIpc) is 2.80. The van der Waals surface area contributed by atoms with Crippen LogP contribution in [0.1, 0.15) is 26.3 Å². The number of carbonyl (C=O) groups is 1. The van der Waals surface area contributed by atoms with E-state index in [4.69, 9.17) is 4.74 Å². The molecule has 2 heterocycles. The van der Waals surface area contributed by atoms with Crippen molar-refractivity contribution < 1.29 is 9.53 Å². The van der Waals surface area contributed by atoms with E-state index < -0.39 is 0 Å². The molecule has 2 aromatic carbocycles. The molecule has 7 heteroatoms. The van der Waals surface area contributed by atoms with Gasteiger partial charge < -0.3 is 20.3 Å². The number of amides is 2. The summed E-state index contributed by atoms with van der Waals surface area (Å²) in [5.41, 5.74) is 4.49. The Morgan fingerprint density at radius 1 is 0.844 bits per heavy atom. The number of benzene rings is 2. The summed E-state index contributed by atoms with van der Waals surface area (Å²) in [4.78, 5) is 14.5. The van der Waals surface area contributed by atoms with Crippen LogP contribution in [0.4, 0.5) is 22.0 Å². The lowest BCUT2D eigenvalue weighted by Gasteiger charge is -2.27. The highest BCUT2D eigenvalue weighted by molar-refractivity contribution is 5.99. The molecule has 4 rings (SSSR count). The first kappa shape index (κ1) is 21.8. The van der Waals surface area contributed by atoms with Crippen molar-refractivity contribution in [3.63, 3.8) is 0 Å². The molecule has 0 bridgehead atoms. The Morgan fingerprint density at radius 3 is 1.97 bits per heavy atom. The molecule has 1 aliphatic heterocycles. The van der Waals surface area contributed by atoms with E-state index in [2.05, 4.69) is 46.5 Å². The minimum Gasteiger partial charge on any atom is -0.378 e. The Hall–Kier alpha value is -3.45. The topological polar surface area (TPSA) is 79.4 Å². The van der Waals surface area contributed by atoms with Crippen molar-refractivity contribution in [2.75, 3.05) is 41.8 Å². The van der Waals surface area contributed by atoms with E-state index in [1.165, 1.54) is 5.56 Å². The smallest absolute Gasteiger partial charge is 0.323 e. The van der Waals surface area contributed by atoms with Crippen LogP contribution in [-0.2, 0) is 10.2 Å². The Balaban J connectivity index is 1.34. The summed E-state index contributed by atoms with van der Waals surface area (Å²) in [6.07, 6.45) is 0. The maximum Gasteiger partial charge on any atom is 0.323 e. The van der Waals surface area contributed by atoms with Crippen molar-refractivity contribution in [1.29, 1.82) is 0 Å². The molecule has 0 saturated carbocycles. The fourth-order valence-electron chi connectivity index (χ4n) is 3.51. The molecular formula is C25H29N5O2. The van der Waals surface area contributed by atoms with Gasteiger partial charge in [-0.2, -0.15) is 0 Å². The van der Waals surface area contributed by atoms with Gasteiger partial charge in [0.2, 0.25) is 0 Å². The summed E-state index contributed by atoms with van der Waals surface area (Å²) in [6, 6.07) is 19.1. The highest BCUT2D eigenvalue weighted by atomic mass is 16.5. The Labute approximate surface area is 188 Å². The molecule has 1 saturated heterocycles. The third-order valence-corrected chi connectivity index (χ3v) is 5.43. The van der Waals surface area contributed by atoms with E-state index in [1.54, 1.807) is 0 Å². The van der Waals surface area contributed by atoms with Gasteiger partial charge in [-0.25, -0.2) is 4.79 Å². The molecular weight excluding hydrogens is 402 g/mol. The zero-order chi connectivity index (χ0) is 22.6. The molecule has 0 radical (unpaired) electrons. The van der Waals surface area contributed by atoms with Crippen LogP contribution in [0.25, 0.3) is 11.3 Å². The van der Waals surface area contributed by atoms with Crippen LogP contribution in [0.2, 0.25) is 0 Å². The number of ether oxygens (including phenoxy) is 1. The fraction of sp³-hybridized carbons (Fsp3) is 0.320. The van der Waals surface area contributed by atoms with Crippen LogP contribution < -0.4 is 15.5 Å². The number of rotatable bonds is 4. The van der Waals surface area contributed by atoms with Crippen molar-refractivity contribution in [3.8, 4) is 11.3 Å². The molecule has 2 N–H and O–H groups in total. The predicted octanol–water partition coefficient (Wildman–Crippen LogP) is 4.92. The average molecular weight is 432 g/mol. The van der Waals surface area contributed by atoms with Crippen molar-refractivity contribution >= 4 is 23.2 Å². The number of nitrogens with zero attached hydrogens (tertiary/aromatic N) is 3. The number of hydrogen-bond donors (Lipinski definition) is 2. The Bertz CT molecular complexity index is 1040. The predicted molar refractivity (Wildman–Crippen MR) is 128 cm³/mol. The zero-order valence-corrected chi connectivity index (χ0v) is 18.8. The van der Waals surface area contributed by atoms with Gasteiger partial charge in [0.05, 0.1) is 18.9 Å². The molecule has 1 aliphatic rings. The van der Waals surface area contributed by atoms with Crippen molar-refractivity contribution in [2.24, 2.45) is 0 Å². The van der Waals surface area contributed by atoms with Crippen molar-refractivity contribution in [1.82, 2.24) is 10.2 Å². The molecule has 0 atom stereocenters. The van der Waals surface area contributed by atoms with E-state index in [-0.39, 0.29) is 11.4 Å². The van der Waals surface area contributed by atoms with Gasteiger partial charge >= 0.3 is 6.03 Å². The van der Waals surface area contributed by atoms with E-state index in [0.717, 1.165) is 35.9 Å². The Morgan fingerprint density at radius 2 is 1.44 bits per heavy atom. The summed E-state index contributed by atoms with van der Waals surface area (Å²) >= 11 is 0. The fourth-order valence-corrected chi connectivity index (χ4v) is 3.51. The van der Waals surface area contributed by atoms with E-state index in [9.17, 15) is 4.79 Å². The molecule has 0 aliphatic carbocycles. The number of urea groups is 1. The molecule has 7 nitrogen and oxygen atoms in total. The van der Waals surface area contributed by atoms with E-state index in [0.29, 0.717) is 18.9 Å². The van der Waals surface area contributed by atoms with Crippen LogP contribution >= 0.6 is 0 Å². The molecule has 0 spiro atoms. The highest BCUT2D eigenvalue weighted by Gasteiger charge is 2.14. The van der Waals surface area contributed by atoms with Gasteiger partial charge in [-0.15, -0.1) is 10.2 Å². The normalized spacial score (nSPS) is 14.2. The third-order valence-electron chi connectivity index (χ3n) is 5.43. The quantitative estimate of drug-likeness (QED) is 0.613. The van der Waals surface area contributed by atoms with Crippen LogP contribution in [0.3, 0.4) is 0 Å². The largest absolute Gasteiger partial charge is 0.378 e. The second-order valence-corrected chi connectivity index (χ2v) is 8.86. The lowest BCUT2D eigenvalue weighted by Crippen LogP contribution is -2.36. The summed E-state index contributed by atoms with van der Waals surface area (Å²) in [5, 5.41) is 14.4. The number of aromatic nitrogens is 2. The molecule has 1 aromatic heterocycles. The van der Waals surface area contributed by atoms with Crippen LogP contribution in [0.15, 0.2) is 60.7 Å². The van der Waals surface area contributed by atoms with Crippen LogP contribution in [-0.4, -0.2) is 42.5 Å². The Kier molecular flexibility index (Phi) is 6.37. The first-order chi connectivity index (χ1) is 15.4. The molecule has 2 amide bonds. The summed E-state index contributed by atoms with van der Waals surface area (Å²) < 4.78 is 5.38. The first-order valence-electron chi connectivity index (χ1n) is 10.8. The number of carbonyl (C=O) groups excluding carboxylic acids is 1. The van der Waals surface area contributed by atoms with E-state index >= 15 is 0 Å². The third kappa shape index (κ3) is 5.42. The van der Waals surface area contributed by atoms with Crippen LogP contribution in [0.5, 0.6) is 0 Å². The van der Waals surface area contributed by atoms with Gasteiger partial charge in [-0.1, -0.05) is 45.0 Å². The van der Waals surface area contributed by atoms with Crippen LogP contribution in [0, 0.1) is 0 Å². The second-order valence-electron chi connectivity index (χ2n) is 8.86. The summed E-state index contributed by atoms with van der Waals surface area (Å²) in [6.45, 7) is 9.58. The first-order valence-corrected chi connectivity index (χ1v) is 10.8. The number of nitrogens with one attached hydrogen (secondary N) is 2. The van der Waals surface area contributed by atoms with Gasteiger partial charge in [0.1, 0.15) is 0 Å². The summed E-state index contributed by atoms with van der Waals surface area (Å²) in [5.74, 6) is 0.863. The van der Waals surface area contributed by atoms with Gasteiger partial charge in [0.25, 0.3) is 0 Å². The zero-order valence-electron chi connectivity index (χ0n) is 18.8. The molecule has 0 unspecified atom stereocenters. The molecule has 32 heavy (non-hydrogen) atoms. The number of morpholine rings is 1. The van der Waals surface area contributed by atoms with Gasteiger partial charge in [-0.05, 0) is 47.4 Å². The SMILES string of the molecule is CC(C)(C)c1ccc(NC(=O)Nc2ccc(-c3ccc(N4CCOCC4)nn3)cc2)cc1. The maximum atomic E-state index is 12.3. The molecule has 166 valence electrons. The maximum absolute atomic E-state index is 12.3. The van der Waals surface area contributed by atoms with Gasteiger partial charge in [0, 0.05) is 30.0 Å². The van der Waals surface area contributed by atoms with E-state index in [1.807, 2.05) is 60.7 Å². The number of anilines is 3. The lowest BCUT2D eigenvalue weighted by atomic mass is 9.87. The van der Waals surface area contributed by atoms with Crippen molar-refractivity contribution in [3.05, 3.63) is 66.2 Å². The lowest BCUT2D eigenvalue weighted by molar-refractivity contribution is 0.122. The minimum absolute atomic E-state index is 0.0791. The standard InChI is InChI=1S/C25H29N5O2/c1-25(2,3)19-6-10-21(11-7-19)27-24(31)26-20-8-4-18(5-9-20)22-12-13-23(29-28-22)30-14-16-32-17-15-30/h4-13H,14-17H2,1-3H3,(H2,26,27,31). The van der Waals surface area contributed by atoms with Crippen molar-refractivity contribution in [2.45, 2.75) is 26.2 Å². The molecule has 3 aromatic rings. The van der Waals surface area contributed by atoms with Gasteiger partial charge in [-0.3, -0.25) is 0 Å². The monoisotopic (exact) mass is 431 g/mol. The summed E-state index contributed by atoms with van der Waals surface area (Å²) in [7, 11) is 0. The minimum atomic E-state index is -0.282. The second kappa shape index (κ2) is 9.36. The molecule has 1 fully saturated rings. The number of hydrogen-bond acceptors (Lipinski definition) is 5. The highest BCUT2D eigenvalue weighted by Crippen LogP contribution is 2.24.